The smallest absolute Gasteiger partial charge is 0.200 e. The number of anilines is 1. The van der Waals surface area contributed by atoms with Crippen LogP contribution in [0.5, 0.6) is 0 Å². The quantitative estimate of drug-likeness (QED) is 0.854. The van der Waals surface area contributed by atoms with Gasteiger partial charge in [0.1, 0.15) is 17.0 Å². The van der Waals surface area contributed by atoms with Gasteiger partial charge in [-0.25, -0.2) is 9.97 Å². The third-order valence-electron chi connectivity index (χ3n) is 4.91. The molecule has 1 amide bonds. The third kappa shape index (κ3) is 3.00. The monoisotopic (exact) mass is 341 g/mol. The van der Waals surface area contributed by atoms with Crippen LogP contribution < -0.4 is 5.32 Å². The minimum absolute atomic E-state index is 0.317. The molecule has 1 fully saturated rings. The van der Waals surface area contributed by atoms with Crippen LogP contribution in [0.15, 0.2) is 6.33 Å². The average Bonchev–Trinajstić information content (AvgIpc) is 3.16. The van der Waals surface area contributed by atoms with E-state index in [-0.39, 0.29) is 5.81 Å². The van der Waals surface area contributed by atoms with Crippen LogP contribution in [0.2, 0.25) is 0 Å². The average molecular weight is 341 g/mol. The van der Waals surface area contributed by atoms with E-state index in [0.29, 0.717) is 13.1 Å². The number of carbonyl (C=O) groups excluding carboxylic acids is 1. The molecule has 0 bridgehead atoms. The molecular formula is C16H20BN5OS. The molecule has 3 heterocycles. The highest BCUT2D eigenvalue weighted by Crippen LogP contribution is 2.38. The van der Waals surface area contributed by atoms with Crippen molar-refractivity contribution in [1.82, 2.24) is 19.8 Å². The normalized spacial score (nSPS) is 18.1. The highest BCUT2D eigenvalue weighted by Gasteiger charge is 2.21. The number of piperazine rings is 1. The molecule has 8 heteroatoms. The number of nitrogens with one attached hydrogen (secondary N) is 1. The van der Waals surface area contributed by atoms with E-state index in [1.807, 2.05) is 11.3 Å². The van der Waals surface area contributed by atoms with E-state index in [1.165, 1.54) is 28.7 Å². The number of carbonyl (C=O) groups is 1. The molecule has 24 heavy (non-hydrogen) atoms. The van der Waals surface area contributed by atoms with Gasteiger partial charge in [-0.1, -0.05) is 0 Å². The number of thiophene rings is 1. The molecule has 2 aromatic rings. The van der Waals surface area contributed by atoms with Gasteiger partial charge in [0.15, 0.2) is 5.81 Å². The number of rotatable bonds is 4. The zero-order valence-corrected chi connectivity index (χ0v) is 14.4. The standard InChI is InChI=1S/C16H20BN5OS/c17-16(23)22-8-6-21(7-9-22)5-4-18-14-13-11-2-1-3-12(11)24-15(13)20-10-19-14/h10H,1-9H2,(H,18,19,20). The molecule has 0 atom stereocenters. The lowest BCUT2D eigenvalue weighted by atomic mass is 10.1. The Bertz CT molecular complexity index is 756. The lowest BCUT2D eigenvalue weighted by Gasteiger charge is -2.34. The van der Waals surface area contributed by atoms with Crippen molar-refractivity contribution in [3.8, 4) is 0 Å². The van der Waals surface area contributed by atoms with E-state index < -0.39 is 0 Å². The Morgan fingerprint density at radius 1 is 1.25 bits per heavy atom. The van der Waals surface area contributed by atoms with Gasteiger partial charge in [0.25, 0.3) is 0 Å². The van der Waals surface area contributed by atoms with Gasteiger partial charge in [-0.3, -0.25) is 9.69 Å². The molecule has 2 aliphatic rings. The number of nitrogens with zero attached hydrogens (tertiary/aromatic N) is 4. The van der Waals surface area contributed by atoms with Crippen molar-refractivity contribution in [2.75, 3.05) is 44.6 Å². The molecule has 0 saturated carbocycles. The van der Waals surface area contributed by atoms with Gasteiger partial charge in [-0.2, -0.15) is 0 Å². The van der Waals surface area contributed by atoms with E-state index in [1.54, 1.807) is 11.2 Å². The SMILES string of the molecule is [B]C(=O)N1CCN(CCNc2ncnc3sc4c(c23)CCC4)CC1. The first kappa shape index (κ1) is 15.8. The zero-order valence-electron chi connectivity index (χ0n) is 13.6. The van der Waals surface area contributed by atoms with Crippen molar-refractivity contribution < 1.29 is 4.79 Å². The molecule has 4 rings (SSSR count). The Labute approximate surface area is 146 Å². The Balaban J connectivity index is 1.37. The van der Waals surface area contributed by atoms with Crippen LogP contribution in [0.25, 0.3) is 10.2 Å². The van der Waals surface area contributed by atoms with E-state index in [4.69, 9.17) is 7.85 Å². The van der Waals surface area contributed by atoms with E-state index in [9.17, 15) is 4.79 Å². The second kappa shape index (κ2) is 6.68. The van der Waals surface area contributed by atoms with Crippen LogP contribution >= 0.6 is 11.3 Å². The lowest BCUT2D eigenvalue weighted by Crippen LogP contribution is -2.49. The first-order valence-electron chi connectivity index (χ1n) is 8.48. The number of aromatic nitrogens is 2. The highest BCUT2D eigenvalue weighted by molar-refractivity contribution is 7.19. The molecule has 2 radical (unpaired) electrons. The Morgan fingerprint density at radius 3 is 2.88 bits per heavy atom. The van der Waals surface area contributed by atoms with Crippen LogP contribution in [0.3, 0.4) is 0 Å². The summed E-state index contributed by atoms with van der Waals surface area (Å²) in [4.78, 5) is 26.7. The molecule has 2 aromatic heterocycles. The molecule has 124 valence electrons. The minimum Gasteiger partial charge on any atom is -0.368 e. The predicted molar refractivity (Wildman–Crippen MR) is 97.1 cm³/mol. The summed E-state index contributed by atoms with van der Waals surface area (Å²) in [5, 5.41) is 4.72. The summed E-state index contributed by atoms with van der Waals surface area (Å²) in [5.41, 5.74) is 1.45. The van der Waals surface area contributed by atoms with E-state index >= 15 is 0 Å². The van der Waals surface area contributed by atoms with Crippen molar-refractivity contribution in [3.63, 3.8) is 0 Å². The fourth-order valence-electron chi connectivity index (χ4n) is 3.59. The summed E-state index contributed by atoms with van der Waals surface area (Å²) in [6.45, 7) is 4.95. The van der Waals surface area contributed by atoms with Gasteiger partial charge in [0.2, 0.25) is 7.85 Å². The van der Waals surface area contributed by atoms with Crippen molar-refractivity contribution in [2.24, 2.45) is 0 Å². The zero-order chi connectivity index (χ0) is 16.5. The summed E-state index contributed by atoms with van der Waals surface area (Å²) >= 11 is 1.81. The second-order valence-electron chi connectivity index (χ2n) is 6.35. The minimum atomic E-state index is -0.317. The van der Waals surface area contributed by atoms with Gasteiger partial charge >= 0.3 is 0 Å². The topological polar surface area (TPSA) is 61.4 Å². The summed E-state index contributed by atoms with van der Waals surface area (Å²) in [6.07, 6.45) is 5.23. The molecule has 1 saturated heterocycles. The molecule has 1 aliphatic carbocycles. The molecule has 0 aromatic carbocycles. The number of amides is 1. The number of hydrogen-bond donors (Lipinski definition) is 1. The fraction of sp³-hybridized carbons (Fsp3) is 0.562. The fourth-order valence-corrected chi connectivity index (χ4v) is 4.82. The maximum atomic E-state index is 11.2. The molecule has 0 spiro atoms. The van der Waals surface area contributed by atoms with Gasteiger partial charge in [-0.15, -0.1) is 11.3 Å². The van der Waals surface area contributed by atoms with Gasteiger partial charge in [0.05, 0.1) is 5.39 Å². The first-order chi connectivity index (χ1) is 11.7. The third-order valence-corrected chi connectivity index (χ3v) is 6.11. The van der Waals surface area contributed by atoms with Crippen molar-refractivity contribution in [2.45, 2.75) is 19.3 Å². The summed E-state index contributed by atoms with van der Waals surface area (Å²) in [6, 6.07) is 0. The highest BCUT2D eigenvalue weighted by atomic mass is 32.1. The maximum Gasteiger partial charge on any atom is 0.200 e. The molecular weight excluding hydrogens is 321 g/mol. The van der Waals surface area contributed by atoms with E-state index in [2.05, 4.69) is 20.2 Å². The van der Waals surface area contributed by atoms with Crippen molar-refractivity contribution in [1.29, 1.82) is 0 Å². The molecule has 6 nitrogen and oxygen atoms in total. The van der Waals surface area contributed by atoms with Gasteiger partial charge in [-0.05, 0) is 24.8 Å². The maximum absolute atomic E-state index is 11.2. The predicted octanol–water partition coefficient (Wildman–Crippen LogP) is 1.50. The summed E-state index contributed by atoms with van der Waals surface area (Å²) < 4.78 is 0. The van der Waals surface area contributed by atoms with Crippen LogP contribution in [-0.2, 0) is 12.8 Å². The first-order valence-corrected chi connectivity index (χ1v) is 9.30. The Kier molecular flexibility index (Phi) is 4.41. The molecule has 1 N–H and O–H groups in total. The van der Waals surface area contributed by atoms with Crippen LogP contribution in [-0.4, -0.2) is 72.7 Å². The summed E-state index contributed by atoms with van der Waals surface area (Å²) in [5.74, 6) is 0.651. The largest absolute Gasteiger partial charge is 0.368 e. The van der Waals surface area contributed by atoms with Crippen LogP contribution in [0.1, 0.15) is 16.9 Å². The van der Waals surface area contributed by atoms with Crippen LogP contribution in [0, 0.1) is 0 Å². The molecule has 1 aliphatic heterocycles. The van der Waals surface area contributed by atoms with Crippen molar-refractivity contribution >= 4 is 41.0 Å². The van der Waals surface area contributed by atoms with Gasteiger partial charge < -0.3 is 10.2 Å². The number of aryl methyl sites for hydroxylation is 2. The Morgan fingerprint density at radius 2 is 2.08 bits per heavy atom. The van der Waals surface area contributed by atoms with E-state index in [0.717, 1.165) is 43.2 Å². The number of hydrogen-bond acceptors (Lipinski definition) is 6. The Hall–Kier alpha value is -1.67. The lowest BCUT2D eigenvalue weighted by molar-refractivity contribution is 0.156. The van der Waals surface area contributed by atoms with Crippen LogP contribution in [0.4, 0.5) is 10.6 Å². The summed E-state index contributed by atoms with van der Waals surface area (Å²) in [7, 11) is 5.32. The second-order valence-corrected chi connectivity index (χ2v) is 7.44. The van der Waals surface area contributed by atoms with Crippen molar-refractivity contribution in [3.05, 3.63) is 16.8 Å². The molecule has 0 unspecified atom stereocenters. The number of fused-ring (bicyclic) bond motifs is 3. The van der Waals surface area contributed by atoms with Gasteiger partial charge in [0, 0.05) is 44.1 Å².